The average molecular weight is 257 g/mol. The second-order valence-electron chi connectivity index (χ2n) is 4.43. The number of hydrogen-bond acceptors (Lipinski definition) is 3. The van der Waals surface area contributed by atoms with Crippen LogP contribution >= 0.6 is 0 Å². The maximum atomic E-state index is 9.96. The van der Waals surface area contributed by atoms with Crippen LogP contribution in [0.2, 0.25) is 0 Å². The van der Waals surface area contributed by atoms with Crippen LogP contribution in [0.25, 0.3) is 11.1 Å². The molecule has 0 aliphatic carbocycles. The smallest absolute Gasteiger partial charge is 0.0914 e. The predicted octanol–water partition coefficient (Wildman–Crippen LogP) is 1.97. The fourth-order valence-electron chi connectivity index (χ4n) is 1.96. The fourth-order valence-corrected chi connectivity index (χ4v) is 1.96. The molecule has 2 aromatic carbocycles. The van der Waals surface area contributed by atoms with Gasteiger partial charge in [0, 0.05) is 13.1 Å². The Kier molecular flexibility index (Phi) is 5.10. The van der Waals surface area contributed by atoms with E-state index in [1.807, 2.05) is 42.5 Å². The lowest BCUT2D eigenvalue weighted by Gasteiger charge is -2.12. The summed E-state index contributed by atoms with van der Waals surface area (Å²) in [7, 11) is 0. The average Bonchev–Trinajstić information content (AvgIpc) is 2.48. The monoisotopic (exact) mass is 257 g/mol. The Morgan fingerprint density at radius 2 is 1.53 bits per heavy atom. The van der Waals surface area contributed by atoms with Crippen molar-refractivity contribution in [3.63, 3.8) is 0 Å². The summed E-state index contributed by atoms with van der Waals surface area (Å²) < 4.78 is 0. The molecule has 0 spiro atoms. The van der Waals surface area contributed by atoms with Crippen molar-refractivity contribution in [2.24, 2.45) is 0 Å². The molecule has 100 valence electrons. The zero-order valence-electron chi connectivity index (χ0n) is 10.8. The molecule has 3 heteroatoms. The molecule has 3 N–H and O–H groups in total. The van der Waals surface area contributed by atoms with E-state index in [0.29, 0.717) is 13.1 Å². The van der Waals surface area contributed by atoms with Gasteiger partial charge in [0.2, 0.25) is 0 Å². The molecule has 0 aromatic heterocycles. The molecule has 0 bridgehead atoms. The molecule has 2 rings (SSSR count). The van der Waals surface area contributed by atoms with E-state index in [1.165, 1.54) is 5.56 Å². The lowest BCUT2D eigenvalue weighted by molar-refractivity contribution is 0.171. The summed E-state index contributed by atoms with van der Waals surface area (Å²) in [6, 6.07) is 18.0. The molecule has 0 aliphatic rings. The van der Waals surface area contributed by atoms with Crippen molar-refractivity contribution in [1.29, 1.82) is 0 Å². The van der Waals surface area contributed by atoms with Gasteiger partial charge in [0.15, 0.2) is 0 Å². The van der Waals surface area contributed by atoms with E-state index in [9.17, 15) is 5.11 Å². The molecule has 0 fully saturated rings. The second-order valence-corrected chi connectivity index (χ2v) is 4.43. The summed E-state index contributed by atoms with van der Waals surface area (Å²) in [5.41, 5.74) is 3.19. The van der Waals surface area contributed by atoms with E-state index < -0.39 is 6.10 Å². The lowest BCUT2D eigenvalue weighted by atomic mass is 10.0. The van der Waals surface area contributed by atoms with Gasteiger partial charge in [0.25, 0.3) is 0 Å². The molecular formula is C16H19NO2. The van der Waals surface area contributed by atoms with E-state index >= 15 is 0 Å². The minimum atomic E-state index is -0.545. The molecule has 0 saturated heterocycles. The summed E-state index contributed by atoms with van der Waals surface area (Å²) in [4.78, 5) is 0. The van der Waals surface area contributed by atoms with Gasteiger partial charge in [-0.2, -0.15) is 0 Å². The Labute approximate surface area is 113 Å². The highest BCUT2D eigenvalue weighted by Gasteiger charge is 2.06. The van der Waals surface area contributed by atoms with Crippen molar-refractivity contribution in [1.82, 2.24) is 5.32 Å². The number of hydrogen-bond donors (Lipinski definition) is 3. The molecule has 1 unspecified atom stereocenters. The van der Waals surface area contributed by atoms with Crippen LogP contribution in [0.5, 0.6) is 0 Å². The lowest BCUT2D eigenvalue weighted by Crippen LogP contribution is -2.24. The second kappa shape index (κ2) is 7.04. The van der Waals surface area contributed by atoms with Gasteiger partial charge in [-0.15, -0.1) is 0 Å². The summed E-state index contributed by atoms with van der Waals surface area (Å²) in [6.07, 6.45) is -0.545. The molecule has 0 heterocycles. The first-order valence-corrected chi connectivity index (χ1v) is 6.46. The summed E-state index contributed by atoms with van der Waals surface area (Å²) in [5.74, 6) is 0. The van der Waals surface area contributed by atoms with Crippen LogP contribution in [-0.2, 0) is 0 Å². The largest absolute Gasteiger partial charge is 0.395 e. The van der Waals surface area contributed by atoms with E-state index in [-0.39, 0.29) is 6.61 Å². The zero-order chi connectivity index (χ0) is 13.5. The highest BCUT2D eigenvalue weighted by atomic mass is 16.3. The Hall–Kier alpha value is -1.68. The van der Waals surface area contributed by atoms with E-state index in [1.54, 1.807) is 0 Å². The van der Waals surface area contributed by atoms with Gasteiger partial charge >= 0.3 is 0 Å². The molecule has 3 nitrogen and oxygen atoms in total. The van der Waals surface area contributed by atoms with Crippen molar-refractivity contribution in [2.75, 3.05) is 19.7 Å². The summed E-state index contributed by atoms with van der Waals surface area (Å²) >= 11 is 0. The third kappa shape index (κ3) is 3.89. The third-order valence-corrected chi connectivity index (χ3v) is 3.03. The Bertz CT molecular complexity index is 482. The Balaban J connectivity index is 2.02. The number of aliphatic hydroxyl groups is 2. The van der Waals surface area contributed by atoms with Gasteiger partial charge in [-0.25, -0.2) is 0 Å². The number of rotatable bonds is 6. The first kappa shape index (κ1) is 13.7. The van der Waals surface area contributed by atoms with Crippen LogP contribution in [-0.4, -0.2) is 29.9 Å². The van der Waals surface area contributed by atoms with E-state index in [0.717, 1.165) is 11.1 Å². The number of benzene rings is 2. The van der Waals surface area contributed by atoms with E-state index in [4.69, 9.17) is 5.11 Å². The van der Waals surface area contributed by atoms with Crippen LogP contribution in [0, 0.1) is 0 Å². The van der Waals surface area contributed by atoms with Gasteiger partial charge in [0.05, 0.1) is 12.7 Å². The topological polar surface area (TPSA) is 52.5 Å². The van der Waals surface area contributed by atoms with Gasteiger partial charge < -0.3 is 15.5 Å². The van der Waals surface area contributed by atoms with Crippen molar-refractivity contribution in [3.8, 4) is 11.1 Å². The van der Waals surface area contributed by atoms with Crippen LogP contribution in [0.15, 0.2) is 54.6 Å². The van der Waals surface area contributed by atoms with Gasteiger partial charge in [-0.05, 0) is 16.7 Å². The van der Waals surface area contributed by atoms with Crippen LogP contribution in [0.1, 0.15) is 11.7 Å². The minimum Gasteiger partial charge on any atom is -0.395 e. The predicted molar refractivity (Wildman–Crippen MR) is 76.8 cm³/mol. The minimum absolute atomic E-state index is 0.0830. The summed E-state index contributed by atoms with van der Waals surface area (Å²) in [5, 5.41) is 21.6. The maximum absolute atomic E-state index is 9.96. The molecule has 0 aliphatic heterocycles. The molecule has 0 saturated carbocycles. The zero-order valence-corrected chi connectivity index (χ0v) is 10.8. The van der Waals surface area contributed by atoms with Crippen molar-refractivity contribution in [2.45, 2.75) is 6.10 Å². The van der Waals surface area contributed by atoms with Crippen molar-refractivity contribution < 1.29 is 10.2 Å². The molecule has 0 radical (unpaired) electrons. The van der Waals surface area contributed by atoms with E-state index in [2.05, 4.69) is 17.4 Å². The Morgan fingerprint density at radius 3 is 2.16 bits per heavy atom. The Morgan fingerprint density at radius 1 is 0.895 bits per heavy atom. The first-order valence-electron chi connectivity index (χ1n) is 6.46. The molecule has 2 aromatic rings. The SMILES string of the molecule is OCCNCC(O)c1ccc(-c2ccccc2)cc1. The maximum Gasteiger partial charge on any atom is 0.0914 e. The van der Waals surface area contributed by atoms with Gasteiger partial charge in [0.1, 0.15) is 0 Å². The highest BCUT2D eigenvalue weighted by Crippen LogP contribution is 2.21. The molecule has 19 heavy (non-hydrogen) atoms. The number of nitrogens with one attached hydrogen (secondary N) is 1. The highest BCUT2D eigenvalue weighted by molar-refractivity contribution is 5.63. The fraction of sp³-hybridized carbons (Fsp3) is 0.250. The van der Waals surface area contributed by atoms with Crippen molar-refractivity contribution >= 4 is 0 Å². The van der Waals surface area contributed by atoms with Gasteiger partial charge in [-0.1, -0.05) is 54.6 Å². The standard InChI is InChI=1S/C16H19NO2/c18-11-10-17-12-16(19)15-8-6-14(7-9-15)13-4-2-1-3-5-13/h1-9,16-19H,10-12H2. The van der Waals surface area contributed by atoms with Crippen LogP contribution in [0.4, 0.5) is 0 Å². The van der Waals surface area contributed by atoms with Gasteiger partial charge in [-0.3, -0.25) is 0 Å². The third-order valence-electron chi connectivity index (χ3n) is 3.03. The number of aliphatic hydroxyl groups excluding tert-OH is 2. The normalized spacial score (nSPS) is 12.3. The quantitative estimate of drug-likeness (QED) is 0.693. The molecule has 1 atom stereocenters. The van der Waals surface area contributed by atoms with Crippen LogP contribution < -0.4 is 5.32 Å². The molecule has 0 amide bonds. The first-order chi connectivity index (χ1) is 9.31. The molecular weight excluding hydrogens is 238 g/mol. The van der Waals surface area contributed by atoms with Crippen LogP contribution in [0.3, 0.4) is 0 Å². The summed E-state index contributed by atoms with van der Waals surface area (Å²) in [6.45, 7) is 1.03. The van der Waals surface area contributed by atoms with Crippen molar-refractivity contribution in [3.05, 3.63) is 60.2 Å².